The molecule has 0 aliphatic carbocycles. The predicted molar refractivity (Wildman–Crippen MR) is 105 cm³/mol. The zero-order chi connectivity index (χ0) is 20.0. The van der Waals surface area contributed by atoms with Crippen molar-refractivity contribution in [1.82, 2.24) is 14.8 Å². The molecule has 3 aromatic carbocycles. The van der Waals surface area contributed by atoms with Crippen LogP contribution in [0.2, 0.25) is 0 Å². The Labute approximate surface area is 164 Å². The molecule has 0 atom stereocenters. The minimum atomic E-state index is -0.706. The number of benzene rings is 3. The van der Waals surface area contributed by atoms with Crippen molar-refractivity contribution in [3.63, 3.8) is 0 Å². The Hall–Kier alpha value is -3.67. The molecule has 2 aliphatic heterocycles. The Balaban J connectivity index is 1.79. The molecule has 0 amide bonds. The van der Waals surface area contributed by atoms with E-state index in [1.54, 1.807) is 22.9 Å². The second-order valence-electron chi connectivity index (χ2n) is 6.85. The van der Waals surface area contributed by atoms with Gasteiger partial charge in [0.2, 0.25) is 0 Å². The third-order valence-corrected chi connectivity index (χ3v) is 4.90. The minimum absolute atomic E-state index is 0.197. The molecule has 6 heteroatoms. The van der Waals surface area contributed by atoms with Crippen molar-refractivity contribution in [3.8, 4) is 22.5 Å². The summed E-state index contributed by atoms with van der Waals surface area (Å²) in [6, 6.07) is 17.7. The van der Waals surface area contributed by atoms with Crippen molar-refractivity contribution in [2.24, 2.45) is 0 Å². The van der Waals surface area contributed by atoms with Crippen LogP contribution in [0.4, 0.5) is 13.2 Å². The SMILES string of the molecule is Fc1cccc(Cn2cc3c(-c4ccccc4)nnc-3c3cc(F)cc(F)c32)c1. The molecule has 0 unspecified atom stereocenters. The van der Waals surface area contributed by atoms with Crippen molar-refractivity contribution in [2.75, 3.05) is 0 Å². The summed E-state index contributed by atoms with van der Waals surface area (Å²) >= 11 is 0. The van der Waals surface area contributed by atoms with Crippen LogP contribution in [-0.4, -0.2) is 14.8 Å². The lowest BCUT2D eigenvalue weighted by molar-refractivity contribution is 0.585. The molecule has 0 radical (unpaired) electrons. The summed E-state index contributed by atoms with van der Waals surface area (Å²) in [7, 11) is 0. The summed E-state index contributed by atoms with van der Waals surface area (Å²) in [6.07, 6.45) is 1.74. The van der Waals surface area contributed by atoms with Crippen molar-refractivity contribution in [1.29, 1.82) is 0 Å². The summed E-state index contributed by atoms with van der Waals surface area (Å²) in [5, 5.41) is 8.81. The van der Waals surface area contributed by atoms with Crippen LogP contribution in [0.1, 0.15) is 5.56 Å². The molecule has 29 heavy (non-hydrogen) atoms. The number of rotatable bonds is 3. The largest absolute Gasteiger partial charge is 0.340 e. The fourth-order valence-corrected chi connectivity index (χ4v) is 3.67. The van der Waals surface area contributed by atoms with Crippen molar-refractivity contribution in [2.45, 2.75) is 6.54 Å². The van der Waals surface area contributed by atoms with E-state index in [9.17, 15) is 13.2 Å². The highest BCUT2D eigenvalue weighted by atomic mass is 19.1. The molecule has 3 aromatic rings. The highest BCUT2D eigenvalue weighted by molar-refractivity contribution is 5.98. The van der Waals surface area contributed by atoms with Crippen molar-refractivity contribution < 1.29 is 13.2 Å². The lowest BCUT2D eigenvalue weighted by Crippen LogP contribution is -2.06. The van der Waals surface area contributed by atoms with Crippen LogP contribution in [0, 0.1) is 17.5 Å². The lowest BCUT2D eigenvalue weighted by Gasteiger charge is -2.16. The fourth-order valence-electron chi connectivity index (χ4n) is 3.67. The van der Waals surface area contributed by atoms with E-state index < -0.39 is 11.6 Å². The number of pyridine rings is 1. The van der Waals surface area contributed by atoms with E-state index in [0.717, 1.165) is 11.6 Å². The second-order valence-corrected chi connectivity index (χ2v) is 6.85. The molecule has 3 nitrogen and oxygen atoms in total. The number of aromatic nitrogens is 3. The fraction of sp³-hybridized carbons (Fsp3) is 0.0435. The molecular weight excluding hydrogens is 375 g/mol. The molecule has 142 valence electrons. The van der Waals surface area contributed by atoms with Crippen LogP contribution < -0.4 is 0 Å². The van der Waals surface area contributed by atoms with Crippen molar-refractivity contribution in [3.05, 3.63) is 95.9 Å². The van der Waals surface area contributed by atoms with Gasteiger partial charge in [-0.05, 0) is 23.8 Å². The van der Waals surface area contributed by atoms with Crippen LogP contribution in [0.5, 0.6) is 0 Å². The quantitative estimate of drug-likeness (QED) is 0.398. The second kappa shape index (κ2) is 6.74. The zero-order valence-electron chi connectivity index (χ0n) is 15.1. The number of hydrogen-bond donors (Lipinski definition) is 0. The van der Waals surface area contributed by atoms with Gasteiger partial charge in [0.25, 0.3) is 0 Å². The summed E-state index contributed by atoms with van der Waals surface area (Å²) in [4.78, 5) is 0. The minimum Gasteiger partial charge on any atom is -0.340 e. The van der Waals surface area contributed by atoms with Crippen LogP contribution in [0.25, 0.3) is 33.4 Å². The van der Waals surface area contributed by atoms with E-state index in [1.165, 1.54) is 18.2 Å². The van der Waals surface area contributed by atoms with E-state index in [4.69, 9.17) is 0 Å². The first-order chi connectivity index (χ1) is 14.1. The van der Waals surface area contributed by atoms with E-state index in [-0.39, 0.29) is 17.9 Å². The molecule has 0 bridgehead atoms. The van der Waals surface area contributed by atoms with Crippen LogP contribution >= 0.6 is 0 Å². The van der Waals surface area contributed by atoms with Gasteiger partial charge in [0.1, 0.15) is 28.8 Å². The number of nitrogens with zero attached hydrogens (tertiary/aromatic N) is 3. The first-order valence-corrected chi connectivity index (χ1v) is 9.04. The summed E-state index contributed by atoms with van der Waals surface area (Å²) in [5.41, 5.74) is 3.43. The molecule has 2 heterocycles. The number of hydrogen-bond acceptors (Lipinski definition) is 2. The third kappa shape index (κ3) is 3.02. The molecular formula is C23H14F3N3. The Morgan fingerprint density at radius 2 is 1.55 bits per heavy atom. The molecule has 0 saturated heterocycles. The van der Waals surface area contributed by atoms with Gasteiger partial charge in [-0.15, -0.1) is 10.2 Å². The molecule has 0 aromatic heterocycles. The van der Waals surface area contributed by atoms with E-state index >= 15 is 0 Å². The van der Waals surface area contributed by atoms with E-state index in [1.807, 2.05) is 30.3 Å². The summed E-state index contributed by atoms with van der Waals surface area (Å²) < 4.78 is 44.1. The Bertz CT molecular complexity index is 1310. The highest BCUT2D eigenvalue weighted by Gasteiger charge is 2.22. The zero-order valence-corrected chi connectivity index (χ0v) is 15.1. The van der Waals surface area contributed by atoms with Gasteiger partial charge in [-0.1, -0.05) is 42.5 Å². The molecule has 0 fully saturated rings. The van der Waals surface area contributed by atoms with Gasteiger partial charge < -0.3 is 4.57 Å². The first-order valence-electron chi connectivity index (χ1n) is 9.04. The van der Waals surface area contributed by atoms with Gasteiger partial charge in [-0.3, -0.25) is 0 Å². The van der Waals surface area contributed by atoms with Crippen LogP contribution in [0.15, 0.2) is 72.9 Å². The Morgan fingerprint density at radius 3 is 2.34 bits per heavy atom. The average molecular weight is 389 g/mol. The van der Waals surface area contributed by atoms with E-state index in [0.29, 0.717) is 27.9 Å². The molecule has 0 saturated carbocycles. The van der Waals surface area contributed by atoms with Gasteiger partial charge in [0.05, 0.1) is 5.52 Å². The van der Waals surface area contributed by atoms with E-state index in [2.05, 4.69) is 10.2 Å². The Kier molecular flexibility index (Phi) is 4.05. The monoisotopic (exact) mass is 389 g/mol. The van der Waals surface area contributed by atoms with Gasteiger partial charge in [0.15, 0.2) is 0 Å². The normalized spacial score (nSPS) is 11.4. The Morgan fingerprint density at radius 1 is 0.759 bits per heavy atom. The highest BCUT2D eigenvalue weighted by Crippen LogP contribution is 2.37. The predicted octanol–water partition coefficient (Wildman–Crippen LogP) is 5.67. The first kappa shape index (κ1) is 17.4. The molecule has 0 spiro atoms. The number of halogens is 3. The maximum Gasteiger partial charge on any atom is 0.150 e. The van der Waals surface area contributed by atoms with Crippen LogP contribution in [0.3, 0.4) is 0 Å². The maximum atomic E-state index is 14.8. The van der Waals surface area contributed by atoms with Gasteiger partial charge in [-0.25, -0.2) is 13.2 Å². The van der Waals surface area contributed by atoms with Gasteiger partial charge >= 0.3 is 0 Å². The summed E-state index contributed by atoms with van der Waals surface area (Å²) in [5.74, 6) is -1.77. The number of fused-ring (bicyclic) bond motifs is 3. The average Bonchev–Trinajstić information content (AvgIpc) is 3.12. The third-order valence-electron chi connectivity index (χ3n) is 4.90. The van der Waals surface area contributed by atoms with Gasteiger partial charge in [0, 0.05) is 35.3 Å². The smallest absolute Gasteiger partial charge is 0.150 e. The molecule has 5 rings (SSSR count). The summed E-state index contributed by atoms with van der Waals surface area (Å²) in [6.45, 7) is 0.214. The molecule has 2 aliphatic rings. The lowest BCUT2D eigenvalue weighted by atomic mass is 10.0. The van der Waals surface area contributed by atoms with Crippen LogP contribution in [-0.2, 0) is 6.54 Å². The maximum absolute atomic E-state index is 14.8. The van der Waals surface area contributed by atoms with Gasteiger partial charge in [-0.2, -0.15) is 0 Å². The standard InChI is InChI=1S/C23H14F3N3/c24-16-8-4-5-14(9-16)12-29-13-19-21(15-6-2-1-3-7-15)27-28-22(19)18-10-17(25)11-20(26)23(18)29/h1-11,13H,12H2. The molecule has 0 N–H and O–H groups in total. The topological polar surface area (TPSA) is 30.7 Å². The van der Waals surface area contributed by atoms with Crippen molar-refractivity contribution >= 4 is 10.9 Å².